The minimum absolute atomic E-state index is 0.352. The third-order valence-corrected chi connectivity index (χ3v) is 2.10. The van der Waals surface area contributed by atoms with E-state index in [4.69, 9.17) is 14.0 Å². The Morgan fingerprint density at radius 2 is 1.94 bits per heavy atom. The third-order valence-electron chi connectivity index (χ3n) is 2.10. The Labute approximate surface area is 107 Å². The number of fused-ring (bicyclic) bond motifs is 1. The molecule has 0 aliphatic carbocycles. The molecule has 0 atom stereocenters. The molecule has 1 aliphatic heterocycles. The highest BCUT2D eigenvalue weighted by Gasteiger charge is 2.12. The number of benzene rings is 1. The zero-order chi connectivity index (χ0) is 13.6. The molecule has 18 heavy (non-hydrogen) atoms. The van der Waals surface area contributed by atoms with E-state index in [1.807, 2.05) is 19.2 Å². The van der Waals surface area contributed by atoms with Gasteiger partial charge in [-0.25, -0.2) is 0 Å². The lowest BCUT2D eigenvalue weighted by Crippen LogP contribution is -2.10. The summed E-state index contributed by atoms with van der Waals surface area (Å²) in [5.41, 5.74) is 1.28. The van der Waals surface area contributed by atoms with Crippen molar-refractivity contribution in [1.82, 2.24) is 5.32 Å². The Bertz CT molecular complexity index is 478. The highest BCUT2D eigenvalue weighted by molar-refractivity contribution is 7.85. The first-order valence-electron chi connectivity index (χ1n) is 5.35. The molecule has 0 spiro atoms. The minimum atomic E-state index is -3.67. The molecular formula is C11H17NO5S. The van der Waals surface area contributed by atoms with Crippen molar-refractivity contribution in [3.63, 3.8) is 0 Å². The predicted octanol–water partition coefficient (Wildman–Crippen LogP) is 0.681. The molecule has 0 amide bonds. The van der Waals surface area contributed by atoms with Gasteiger partial charge in [-0.05, 0) is 37.7 Å². The van der Waals surface area contributed by atoms with Crippen LogP contribution in [0.15, 0.2) is 18.2 Å². The predicted molar refractivity (Wildman–Crippen MR) is 67.7 cm³/mol. The summed E-state index contributed by atoms with van der Waals surface area (Å²) in [6.07, 6.45) is 1.74. The second kappa shape index (κ2) is 6.58. The number of hydrogen-bond donors (Lipinski definition) is 2. The molecule has 2 rings (SSSR count). The van der Waals surface area contributed by atoms with Crippen molar-refractivity contribution in [2.45, 2.75) is 6.42 Å². The number of hydrogen-bond acceptors (Lipinski definition) is 5. The van der Waals surface area contributed by atoms with Crippen LogP contribution in [0.25, 0.3) is 0 Å². The van der Waals surface area contributed by atoms with Crippen molar-refractivity contribution in [3.05, 3.63) is 23.8 Å². The summed E-state index contributed by atoms with van der Waals surface area (Å²) in [5, 5.41) is 3.11. The van der Waals surface area contributed by atoms with Crippen molar-refractivity contribution in [2.75, 3.05) is 26.6 Å². The van der Waals surface area contributed by atoms with E-state index < -0.39 is 10.1 Å². The maximum atomic E-state index is 9.19. The largest absolute Gasteiger partial charge is 0.454 e. The highest BCUT2D eigenvalue weighted by Crippen LogP contribution is 2.32. The first-order valence-corrected chi connectivity index (χ1v) is 7.20. The fraction of sp³-hybridized carbons (Fsp3) is 0.455. The molecule has 2 N–H and O–H groups in total. The lowest BCUT2D eigenvalue weighted by atomic mass is 10.1. The Kier molecular flexibility index (Phi) is 5.39. The van der Waals surface area contributed by atoms with Gasteiger partial charge in [-0.2, -0.15) is 8.42 Å². The smallest absolute Gasteiger partial charge is 0.261 e. The van der Waals surface area contributed by atoms with Gasteiger partial charge in [-0.15, -0.1) is 0 Å². The van der Waals surface area contributed by atoms with Gasteiger partial charge in [0.25, 0.3) is 10.1 Å². The molecule has 1 heterocycles. The van der Waals surface area contributed by atoms with Crippen molar-refractivity contribution >= 4 is 10.1 Å². The zero-order valence-electron chi connectivity index (χ0n) is 10.3. The van der Waals surface area contributed by atoms with E-state index in [9.17, 15) is 8.42 Å². The van der Waals surface area contributed by atoms with Crippen LogP contribution in [0.1, 0.15) is 5.56 Å². The SMILES string of the molecule is CNCCc1ccc2c(c1)OCO2.CS(=O)(=O)O. The topological polar surface area (TPSA) is 84.9 Å². The normalized spacial score (nSPS) is 12.8. The quantitative estimate of drug-likeness (QED) is 0.789. The van der Waals surface area contributed by atoms with Crippen LogP contribution in [0.2, 0.25) is 0 Å². The van der Waals surface area contributed by atoms with E-state index in [1.165, 1.54) is 5.56 Å². The summed E-state index contributed by atoms with van der Waals surface area (Å²) in [7, 11) is -1.72. The molecule has 0 aromatic heterocycles. The summed E-state index contributed by atoms with van der Waals surface area (Å²) in [5.74, 6) is 1.72. The van der Waals surface area contributed by atoms with Gasteiger partial charge in [-0.3, -0.25) is 4.55 Å². The van der Waals surface area contributed by atoms with Gasteiger partial charge in [0.05, 0.1) is 6.26 Å². The average Bonchev–Trinajstić information content (AvgIpc) is 2.71. The standard InChI is InChI=1S/C10H13NO2.CH4O3S/c1-11-5-4-8-2-3-9-10(6-8)13-7-12-9;1-5(2,3)4/h2-3,6,11H,4-5,7H2,1H3;1H3,(H,2,3,4). The molecule has 102 valence electrons. The van der Waals surface area contributed by atoms with Crippen LogP contribution < -0.4 is 14.8 Å². The molecule has 7 heteroatoms. The number of rotatable bonds is 3. The van der Waals surface area contributed by atoms with Gasteiger partial charge < -0.3 is 14.8 Å². The number of ether oxygens (including phenoxy) is 2. The van der Waals surface area contributed by atoms with E-state index in [1.54, 1.807) is 0 Å². The third kappa shape index (κ3) is 5.85. The lowest BCUT2D eigenvalue weighted by Gasteiger charge is -2.01. The highest BCUT2D eigenvalue weighted by atomic mass is 32.2. The van der Waals surface area contributed by atoms with Gasteiger partial charge in [0.15, 0.2) is 11.5 Å². The molecular weight excluding hydrogens is 258 g/mol. The van der Waals surface area contributed by atoms with Crippen LogP contribution in [-0.4, -0.2) is 39.6 Å². The van der Waals surface area contributed by atoms with Gasteiger partial charge in [0.1, 0.15) is 0 Å². The molecule has 0 fully saturated rings. The first kappa shape index (κ1) is 14.7. The van der Waals surface area contributed by atoms with Gasteiger partial charge in [-0.1, -0.05) is 6.07 Å². The molecule has 0 saturated carbocycles. The van der Waals surface area contributed by atoms with E-state index in [-0.39, 0.29) is 0 Å². The van der Waals surface area contributed by atoms with Gasteiger partial charge in [0, 0.05) is 0 Å². The van der Waals surface area contributed by atoms with Crippen LogP contribution in [0.3, 0.4) is 0 Å². The molecule has 0 bridgehead atoms. The second-order valence-electron chi connectivity index (χ2n) is 3.77. The molecule has 0 saturated heterocycles. The summed E-state index contributed by atoms with van der Waals surface area (Å²) >= 11 is 0. The number of nitrogens with one attached hydrogen (secondary N) is 1. The minimum Gasteiger partial charge on any atom is -0.454 e. The van der Waals surface area contributed by atoms with Crippen LogP contribution in [0, 0.1) is 0 Å². The van der Waals surface area contributed by atoms with E-state index >= 15 is 0 Å². The first-order chi connectivity index (χ1) is 8.40. The Morgan fingerprint density at radius 1 is 1.33 bits per heavy atom. The van der Waals surface area contributed by atoms with Gasteiger partial charge in [0.2, 0.25) is 6.79 Å². The Morgan fingerprint density at radius 3 is 2.56 bits per heavy atom. The van der Waals surface area contributed by atoms with Crippen LogP contribution in [0.4, 0.5) is 0 Å². The number of likely N-dealkylation sites (N-methyl/N-ethyl adjacent to an activating group) is 1. The second-order valence-corrected chi connectivity index (χ2v) is 5.24. The molecule has 1 aromatic carbocycles. The Hall–Kier alpha value is -1.31. The summed E-state index contributed by atoms with van der Waals surface area (Å²) < 4.78 is 36.4. The molecule has 1 aliphatic rings. The lowest BCUT2D eigenvalue weighted by molar-refractivity contribution is 0.174. The molecule has 0 radical (unpaired) electrons. The fourth-order valence-corrected chi connectivity index (χ4v) is 1.37. The van der Waals surface area contributed by atoms with Crippen molar-refractivity contribution in [1.29, 1.82) is 0 Å². The van der Waals surface area contributed by atoms with Crippen molar-refractivity contribution in [3.8, 4) is 11.5 Å². The molecule has 1 aromatic rings. The van der Waals surface area contributed by atoms with Crippen molar-refractivity contribution in [2.24, 2.45) is 0 Å². The summed E-state index contributed by atoms with van der Waals surface area (Å²) in [6, 6.07) is 6.08. The summed E-state index contributed by atoms with van der Waals surface area (Å²) in [4.78, 5) is 0. The Balaban J connectivity index is 0.000000280. The molecule has 0 unspecified atom stereocenters. The molecule has 6 nitrogen and oxygen atoms in total. The van der Waals surface area contributed by atoms with Crippen LogP contribution in [-0.2, 0) is 16.5 Å². The average molecular weight is 275 g/mol. The monoisotopic (exact) mass is 275 g/mol. The summed E-state index contributed by atoms with van der Waals surface area (Å²) in [6.45, 7) is 1.34. The maximum absolute atomic E-state index is 9.19. The van der Waals surface area contributed by atoms with Crippen molar-refractivity contribution < 1.29 is 22.4 Å². The maximum Gasteiger partial charge on any atom is 0.261 e. The van der Waals surface area contributed by atoms with Gasteiger partial charge >= 0.3 is 0 Å². The van der Waals surface area contributed by atoms with E-state index in [0.717, 1.165) is 24.5 Å². The van der Waals surface area contributed by atoms with E-state index in [2.05, 4.69) is 11.4 Å². The van der Waals surface area contributed by atoms with Crippen LogP contribution in [0.5, 0.6) is 11.5 Å². The fourth-order valence-electron chi connectivity index (χ4n) is 1.37. The van der Waals surface area contributed by atoms with E-state index in [0.29, 0.717) is 13.0 Å². The van der Waals surface area contributed by atoms with Crippen LogP contribution >= 0.6 is 0 Å². The zero-order valence-corrected chi connectivity index (χ0v) is 11.2.